The SMILES string of the molecule is C1CCC2(C1)C1CN(CC3CC3)CC2CN(CC2CC2)C1.Cl.Cl. The number of piperidine rings is 2. The van der Waals surface area contributed by atoms with Crippen molar-refractivity contribution in [1.29, 1.82) is 0 Å². The van der Waals surface area contributed by atoms with Crippen molar-refractivity contribution in [3.8, 4) is 0 Å². The second kappa shape index (κ2) is 7.02. The van der Waals surface area contributed by atoms with E-state index in [1.54, 1.807) is 12.8 Å². The summed E-state index contributed by atoms with van der Waals surface area (Å²) in [6.07, 6.45) is 12.3. The van der Waals surface area contributed by atoms with E-state index in [1.165, 1.54) is 77.8 Å². The molecule has 4 heteroatoms. The molecule has 0 radical (unpaired) electrons. The molecule has 3 aliphatic carbocycles. The third kappa shape index (κ3) is 3.57. The van der Waals surface area contributed by atoms with E-state index in [9.17, 15) is 0 Å². The molecule has 5 fully saturated rings. The van der Waals surface area contributed by atoms with Crippen LogP contribution in [0, 0.1) is 29.1 Å². The first-order valence-electron chi connectivity index (χ1n) is 9.76. The molecule has 3 saturated carbocycles. The van der Waals surface area contributed by atoms with Gasteiger partial charge >= 0.3 is 0 Å². The Balaban J connectivity index is 0.000000781. The monoisotopic (exact) mass is 360 g/mol. The van der Waals surface area contributed by atoms with E-state index in [2.05, 4.69) is 9.80 Å². The number of likely N-dealkylation sites (tertiary alicyclic amines) is 2. The average Bonchev–Trinajstić information content (AvgIpc) is 3.36. The summed E-state index contributed by atoms with van der Waals surface area (Å²) in [5, 5.41) is 0. The second-order valence-electron chi connectivity index (χ2n) is 9.16. The minimum absolute atomic E-state index is 0. The van der Waals surface area contributed by atoms with Gasteiger partial charge in [0, 0.05) is 39.3 Å². The fourth-order valence-corrected chi connectivity index (χ4v) is 6.05. The molecule has 0 N–H and O–H groups in total. The summed E-state index contributed by atoms with van der Waals surface area (Å²) < 4.78 is 0. The summed E-state index contributed by atoms with van der Waals surface area (Å²) in [6.45, 7) is 8.63. The molecular weight excluding hydrogens is 327 g/mol. The zero-order valence-corrected chi connectivity index (χ0v) is 16.1. The zero-order valence-electron chi connectivity index (χ0n) is 14.4. The number of halogens is 2. The molecule has 1 spiro atoms. The normalized spacial score (nSPS) is 36.5. The first-order valence-corrected chi connectivity index (χ1v) is 9.76. The largest absolute Gasteiger partial charge is 0.302 e. The van der Waals surface area contributed by atoms with Gasteiger partial charge in [-0.2, -0.15) is 0 Å². The first kappa shape index (κ1) is 18.3. The van der Waals surface area contributed by atoms with Crippen LogP contribution in [0.5, 0.6) is 0 Å². The van der Waals surface area contributed by atoms with Crippen LogP contribution in [0.3, 0.4) is 0 Å². The van der Waals surface area contributed by atoms with E-state index in [0.29, 0.717) is 0 Å². The minimum atomic E-state index is 0. The van der Waals surface area contributed by atoms with Crippen molar-refractivity contribution in [2.75, 3.05) is 39.3 Å². The lowest BCUT2D eigenvalue weighted by molar-refractivity contribution is -0.0903. The van der Waals surface area contributed by atoms with Crippen molar-refractivity contribution in [3.63, 3.8) is 0 Å². The van der Waals surface area contributed by atoms with E-state index in [-0.39, 0.29) is 24.8 Å². The van der Waals surface area contributed by atoms with Gasteiger partial charge in [-0.1, -0.05) is 12.8 Å². The highest BCUT2D eigenvalue weighted by Crippen LogP contribution is 2.55. The summed E-state index contributed by atoms with van der Waals surface area (Å²) in [4.78, 5) is 5.76. The molecule has 0 unspecified atom stereocenters. The molecule has 0 aromatic carbocycles. The average molecular weight is 361 g/mol. The van der Waals surface area contributed by atoms with Crippen LogP contribution in [0.2, 0.25) is 0 Å². The summed E-state index contributed by atoms with van der Waals surface area (Å²) in [6, 6.07) is 0. The van der Waals surface area contributed by atoms with Gasteiger partial charge < -0.3 is 9.80 Å². The maximum absolute atomic E-state index is 2.88. The van der Waals surface area contributed by atoms with Gasteiger partial charge in [-0.05, 0) is 67.6 Å². The van der Waals surface area contributed by atoms with Gasteiger partial charge in [0.25, 0.3) is 0 Å². The maximum atomic E-state index is 2.88. The molecule has 5 aliphatic rings. The maximum Gasteiger partial charge on any atom is 0.00276 e. The van der Waals surface area contributed by atoms with Crippen LogP contribution in [0.25, 0.3) is 0 Å². The molecule has 2 saturated heterocycles. The lowest BCUT2D eigenvalue weighted by atomic mass is 9.60. The highest BCUT2D eigenvalue weighted by Gasteiger charge is 2.54. The Labute approximate surface area is 154 Å². The Morgan fingerprint density at radius 3 is 1.39 bits per heavy atom. The first-order chi connectivity index (χ1) is 10.3. The lowest BCUT2D eigenvalue weighted by Gasteiger charge is -2.58. The third-order valence-corrected chi connectivity index (χ3v) is 7.50. The molecule has 5 rings (SSSR count). The number of hydrogen-bond donors (Lipinski definition) is 0. The summed E-state index contributed by atoms with van der Waals surface area (Å²) in [7, 11) is 0. The summed E-state index contributed by atoms with van der Waals surface area (Å²) >= 11 is 0. The van der Waals surface area contributed by atoms with Crippen molar-refractivity contribution in [3.05, 3.63) is 0 Å². The van der Waals surface area contributed by atoms with E-state index >= 15 is 0 Å². The van der Waals surface area contributed by atoms with E-state index in [4.69, 9.17) is 0 Å². The summed E-state index contributed by atoms with van der Waals surface area (Å²) in [5.41, 5.74) is 0.778. The molecule has 23 heavy (non-hydrogen) atoms. The van der Waals surface area contributed by atoms with Crippen LogP contribution in [0.1, 0.15) is 51.4 Å². The molecule has 2 heterocycles. The Hall–Kier alpha value is 0.500. The molecule has 134 valence electrons. The Kier molecular flexibility index (Phi) is 5.58. The van der Waals surface area contributed by atoms with E-state index in [0.717, 1.165) is 29.1 Å². The minimum Gasteiger partial charge on any atom is -0.302 e. The molecular formula is C19H34Cl2N2. The molecule has 2 bridgehead atoms. The molecule has 0 aromatic heterocycles. The molecule has 0 amide bonds. The van der Waals surface area contributed by atoms with Gasteiger partial charge in [-0.15, -0.1) is 24.8 Å². The number of nitrogens with zero attached hydrogens (tertiary/aromatic N) is 2. The predicted molar refractivity (Wildman–Crippen MR) is 101 cm³/mol. The van der Waals surface area contributed by atoms with Crippen LogP contribution >= 0.6 is 24.8 Å². The fourth-order valence-electron chi connectivity index (χ4n) is 6.05. The molecule has 0 atom stereocenters. The van der Waals surface area contributed by atoms with Crippen molar-refractivity contribution in [2.24, 2.45) is 29.1 Å². The van der Waals surface area contributed by atoms with Gasteiger partial charge in [0.05, 0.1) is 0 Å². The van der Waals surface area contributed by atoms with Crippen LogP contribution in [-0.2, 0) is 0 Å². The topological polar surface area (TPSA) is 6.48 Å². The Morgan fingerprint density at radius 2 is 1.04 bits per heavy atom. The quantitative estimate of drug-likeness (QED) is 0.745. The van der Waals surface area contributed by atoms with Crippen LogP contribution < -0.4 is 0 Å². The highest BCUT2D eigenvalue weighted by molar-refractivity contribution is 5.85. The Morgan fingerprint density at radius 1 is 0.652 bits per heavy atom. The Bertz CT molecular complexity index is 358. The van der Waals surface area contributed by atoms with Crippen LogP contribution in [0.4, 0.5) is 0 Å². The molecule has 2 nitrogen and oxygen atoms in total. The van der Waals surface area contributed by atoms with Crippen molar-refractivity contribution < 1.29 is 0 Å². The predicted octanol–water partition coefficient (Wildman–Crippen LogP) is 4.07. The number of hydrogen-bond acceptors (Lipinski definition) is 2. The fraction of sp³-hybridized carbons (Fsp3) is 1.00. The lowest BCUT2D eigenvalue weighted by Crippen LogP contribution is -2.62. The van der Waals surface area contributed by atoms with E-state index < -0.39 is 0 Å². The molecule has 0 aromatic rings. The van der Waals surface area contributed by atoms with Crippen LogP contribution in [0.15, 0.2) is 0 Å². The summed E-state index contributed by atoms with van der Waals surface area (Å²) in [5.74, 6) is 4.16. The zero-order chi connectivity index (χ0) is 13.9. The van der Waals surface area contributed by atoms with Gasteiger partial charge in [0.1, 0.15) is 0 Å². The van der Waals surface area contributed by atoms with Crippen LogP contribution in [-0.4, -0.2) is 49.1 Å². The van der Waals surface area contributed by atoms with Crippen molar-refractivity contribution in [2.45, 2.75) is 51.4 Å². The van der Waals surface area contributed by atoms with E-state index in [1.807, 2.05) is 0 Å². The second-order valence-corrected chi connectivity index (χ2v) is 9.16. The highest BCUT2D eigenvalue weighted by atomic mass is 35.5. The van der Waals surface area contributed by atoms with Crippen molar-refractivity contribution >= 4 is 24.8 Å². The van der Waals surface area contributed by atoms with Gasteiger partial charge in [0.15, 0.2) is 0 Å². The van der Waals surface area contributed by atoms with Gasteiger partial charge in [-0.3, -0.25) is 0 Å². The van der Waals surface area contributed by atoms with Gasteiger partial charge in [0.2, 0.25) is 0 Å². The van der Waals surface area contributed by atoms with Crippen molar-refractivity contribution in [1.82, 2.24) is 9.80 Å². The third-order valence-electron chi connectivity index (χ3n) is 7.50. The standard InChI is InChI=1S/C19H32N2.2ClH/c1-2-8-19(7-1)17-11-20(9-15-3-4-15)12-18(19)14-21(13-17)10-16-5-6-16;;/h15-18H,1-14H2;2*1H. The smallest absolute Gasteiger partial charge is 0.00276 e. The van der Waals surface area contributed by atoms with Gasteiger partial charge in [-0.25, -0.2) is 0 Å². The number of rotatable bonds is 4. The molecule has 2 aliphatic heterocycles.